The Morgan fingerprint density at radius 1 is 0.250 bits per heavy atom. The number of hydrogen-bond donors (Lipinski definition) is 0. The molecule has 0 aliphatic rings. The molecule has 0 heterocycles. The van der Waals surface area contributed by atoms with Crippen LogP contribution in [0.1, 0.15) is 22.6 Å². The summed E-state index contributed by atoms with van der Waals surface area (Å²) in [6.45, 7) is 0. The molecule has 0 bridgehead atoms. The Morgan fingerprint density at radius 3 is 1.17 bits per heavy atom. The molecule has 0 fully saturated rings. The molecule has 0 saturated heterocycles. The van der Waals surface area contributed by atoms with Crippen LogP contribution < -0.4 is 4.90 Å². The largest absolute Gasteiger partial charge is 0.310 e. The van der Waals surface area contributed by atoms with Gasteiger partial charge in [-0.25, -0.2) is 0 Å². The lowest BCUT2D eigenvalue weighted by Gasteiger charge is -2.27. The molecule has 0 amide bonds. The van der Waals surface area contributed by atoms with Crippen molar-refractivity contribution < 1.29 is 0 Å². The summed E-state index contributed by atoms with van der Waals surface area (Å²) in [5.41, 5.74) is 16.8. The molecule has 302 valence electrons. The molecule has 0 aliphatic heterocycles. The maximum Gasteiger partial charge on any atom is 0.0540 e. The van der Waals surface area contributed by atoms with Crippen molar-refractivity contribution in [3.8, 4) is 44.5 Å². The summed E-state index contributed by atoms with van der Waals surface area (Å²) in [5, 5.41) is 4.96. The second-order valence-corrected chi connectivity index (χ2v) is 16.5. The van der Waals surface area contributed by atoms with Crippen LogP contribution in [0, 0.1) is 0 Å². The molecule has 11 aromatic rings. The van der Waals surface area contributed by atoms with Gasteiger partial charge in [0.25, 0.3) is 0 Å². The molecule has 0 aromatic heterocycles. The number of nitrogens with zero attached hydrogens (tertiary/aromatic N) is 1. The fraction of sp³-hybridized carbons (Fsp3) is 0.0159. The molecule has 11 rings (SSSR count). The summed E-state index contributed by atoms with van der Waals surface area (Å²) in [7, 11) is 0. The van der Waals surface area contributed by atoms with Crippen molar-refractivity contribution in [1.29, 1.82) is 0 Å². The van der Waals surface area contributed by atoms with E-state index in [1.807, 2.05) is 0 Å². The van der Waals surface area contributed by atoms with Crippen molar-refractivity contribution >= 4 is 38.6 Å². The molecule has 0 radical (unpaired) electrons. The van der Waals surface area contributed by atoms with Crippen LogP contribution in [0.4, 0.5) is 17.1 Å². The van der Waals surface area contributed by atoms with Crippen LogP contribution in [0.5, 0.6) is 0 Å². The number of anilines is 3. The minimum Gasteiger partial charge on any atom is -0.310 e. The van der Waals surface area contributed by atoms with Crippen molar-refractivity contribution in [3.05, 3.63) is 284 Å². The normalized spacial score (nSPS) is 11.7. The summed E-state index contributed by atoms with van der Waals surface area (Å²) in [4.78, 5) is 2.38. The van der Waals surface area contributed by atoms with Gasteiger partial charge in [0.05, 0.1) is 5.69 Å². The van der Waals surface area contributed by atoms with E-state index < -0.39 is 0 Å². The van der Waals surface area contributed by atoms with Crippen LogP contribution >= 0.6 is 0 Å². The van der Waals surface area contributed by atoms with E-state index in [0.29, 0.717) is 0 Å². The van der Waals surface area contributed by atoms with Gasteiger partial charge in [0.1, 0.15) is 0 Å². The van der Waals surface area contributed by atoms with Gasteiger partial charge in [0.15, 0.2) is 0 Å². The van der Waals surface area contributed by atoms with E-state index in [-0.39, 0.29) is 5.92 Å². The predicted octanol–water partition coefficient (Wildman–Crippen LogP) is 17.3. The standard InChI is InChI=1S/C63H45N/c1-3-15-45(16-4-1)47-29-33-53(34-30-47)63(61-27-13-21-49-19-7-9-25-59(49)61)54-35-31-51(32-36-54)57-23-11-12-24-58(57)52-39-43-56(44-40-52)64(62-28-14-22-50-20-8-10-26-60(50)62)55-41-37-48(38-42-55)46-17-5-2-6-18-46/h1-44,63H/t63-/m1/s1. The fourth-order valence-corrected chi connectivity index (χ4v) is 9.45. The first-order valence-electron chi connectivity index (χ1n) is 22.1. The van der Waals surface area contributed by atoms with Crippen LogP contribution in [0.15, 0.2) is 267 Å². The molecule has 11 aromatic carbocycles. The van der Waals surface area contributed by atoms with Gasteiger partial charge in [0, 0.05) is 22.7 Å². The Bertz CT molecular complexity index is 3100. The van der Waals surface area contributed by atoms with E-state index in [4.69, 9.17) is 0 Å². The van der Waals surface area contributed by atoms with Crippen molar-refractivity contribution in [3.63, 3.8) is 0 Å². The molecule has 0 aliphatic carbocycles. The number of hydrogen-bond acceptors (Lipinski definition) is 1. The molecule has 0 unspecified atom stereocenters. The van der Waals surface area contributed by atoms with Gasteiger partial charge in [-0.05, 0) is 108 Å². The second kappa shape index (κ2) is 17.2. The Kier molecular flexibility index (Phi) is 10.4. The van der Waals surface area contributed by atoms with Gasteiger partial charge < -0.3 is 4.90 Å². The summed E-state index contributed by atoms with van der Waals surface area (Å²) in [6, 6.07) is 97.1. The third-order valence-corrected chi connectivity index (χ3v) is 12.6. The zero-order valence-electron chi connectivity index (χ0n) is 35.4. The van der Waals surface area contributed by atoms with E-state index in [0.717, 1.165) is 17.1 Å². The average molecular weight is 816 g/mol. The van der Waals surface area contributed by atoms with Crippen molar-refractivity contribution in [2.45, 2.75) is 5.92 Å². The number of rotatable bonds is 10. The van der Waals surface area contributed by atoms with Gasteiger partial charge in [-0.3, -0.25) is 0 Å². The molecule has 64 heavy (non-hydrogen) atoms. The van der Waals surface area contributed by atoms with E-state index >= 15 is 0 Å². The van der Waals surface area contributed by atoms with Crippen LogP contribution in [0.25, 0.3) is 66.1 Å². The van der Waals surface area contributed by atoms with Gasteiger partial charge in [-0.1, -0.05) is 237 Å². The lowest BCUT2D eigenvalue weighted by molar-refractivity contribution is 0.990. The summed E-state index contributed by atoms with van der Waals surface area (Å²) < 4.78 is 0. The molecule has 1 atom stereocenters. The van der Waals surface area contributed by atoms with Crippen LogP contribution in [-0.2, 0) is 0 Å². The molecular weight excluding hydrogens is 771 g/mol. The summed E-state index contributed by atoms with van der Waals surface area (Å²) in [5.74, 6) is 0.0620. The first-order valence-corrected chi connectivity index (χ1v) is 22.1. The van der Waals surface area contributed by atoms with Gasteiger partial charge in [0.2, 0.25) is 0 Å². The summed E-state index contributed by atoms with van der Waals surface area (Å²) in [6.07, 6.45) is 0. The van der Waals surface area contributed by atoms with Crippen molar-refractivity contribution in [2.75, 3.05) is 4.90 Å². The molecule has 1 heteroatoms. The molecule has 1 nitrogen and oxygen atoms in total. The Labute approximate surface area is 375 Å². The first-order chi connectivity index (χ1) is 31.7. The predicted molar refractivity (Wildman–Crippen MR) is 272 cm³/mol. The van der Waals surface area contributed by atoms with Crippen molar-refractivity contribution in [2.24, 2.45) is 0 Å². The van der Waals surface area contributed by atoms with Gasteiger partial charge in [-0.15, -0.1) is 0 Å². The van der Waals surface area contributed by atoms with E-state index in [1.54, 1.807) is 0 Å². The first kappa shape index (κ1) is 38.6. The number of benzene rings is 11. The second-order valence-electron chi connectivity index (χ2n) is 16.5. The van der Waals surface area contributed by atoms with Gasteiger partial charge >= 0.3 is 0 Å². The van der Waals surface area contributed by atoms with E-state index in [9.17, 15) is 0 Å². The van der Waals surface area contributed by atoms with E-state index in [2.05, 4.69) is 272 Å². The van der Waals surface area contributed by atoms with Crippen molar-refractivity contribution in [1.82, 2.24) is 0 Å². The van der Waals surface area contributed by atoms with E-state index in [1.165, 1.54) is 82.7 Å². The maximum absolute atomic E-state index is 2.38. The smallest absolute Gasteiger partial charge is 0.0540 e. The third-order valence-electron chi connectivity index (χ3n) is 12.6. The lowest BCUT2D eigenvalue weighted by Crippen LogP contribution is -2.10. The fourth-order valence-electron chi connectivity index (χ4n) is 9.45. The monoisotopic (exact) mass is 815 g/mol. The third kappa shape index (κ3) is 7.55. The van der Waals surface area contributed by atoms with Crippen LogP contribution in [0.3, 0.4) is 0 Å². The average Bonchev–Trinajstić information content (AvgIpc) is 3.38. The zero-order chi connectivity index (χ0) is 42.7. The highest BCUT2D eigenvalue weighted by atomic mass is 15.1. The van der Waals surface area contributed by atoms with Crippen LogP contribution in [-0.4, -0.2) is 0 Å². The topological polar surface area (TPSA) is 3.24 Å². The molecule has 0 saturated carbocycles. The molecular formula is C63H45N. The quantitative estimate of drug-likeness (QED) is 0.124. The Morgan fingerprint density at radius 2 is 0.625 bits per heavy atom. The zero-order valence-corrected chi connectivity index (χ0v) is 35.4. The Balaban J connectivity index is 0.946. The molecule has 0 N–H and O–H groups in total. The summed E-state index contributed by atoms with van der Waals surface area (Å²) >= 11 is 0. The van der Waals surface area contributed by atoms with Crippen LogP contribution in [0.2, 0.25) is 0 Å². The highest BCUT2D eigenvalue weighted by molar-refractivity contribution is 5.99. The number of fused-ring (bicyclic) bond motifs is 2. The maximum atomic E-state index is 2.38. The van der Waals surface area contributed by atoms with Gasteiger partial charge in [-0.2, -0.15) is 0 Å². The minimum atomic E-state index is 0.0620. The SMILES string of the molecule is c1ccc(-c2ccc([C@H](c3ccc(-c4ccccc4-c4ccc(N(c5ccc(-c6ccccc6)cc5)c5cccc6ccccc56)cc4)cc3)c3cccc4ccccc34)cc2)cc1. The highest BCUT2D eigenvalue weighted by Gasteiger charge is 2.21. The minimum absolute atomic E-state index is 0.0620. The highest BCUT2D eigenvalue weighted by Crippen LogP contribution is 2.42. The Hall–Kier alpha value is -8.26. The molecule has 0 spiro atoms. The lowest BCUT2D eigenvalue weighted by atomic mass is 9.81.